The summed E-state index contributed by atoms with van der Waals surface area (Å²) in [5.74, 6) is 0. The molecule has 0 amide bonds. The van der Waals surface area contributed by atoms with Crippen molar-refractivity contribution in [1.82, 2.24) is 0 Å². The second-order valence-corrected chi connectivity index (χ2v) is 96.0. The van der Waals surface area contributed by atoms with E-state index in [4.69, 9.17) is 0 Å². The molecule has 0 atom stereocenters. The molecular formula is C36H84Si8Sn. The first kappa shape index (κ1) is 47.5. The first-order valence-electron chi connectivity index (χ1n) is 18.0. The summed E-state index contributed by atoms with van der Waals surface area (Å²) in [4.78, 5) is 0. The van der Waals surface area contributed by atoms with Gasteiger partial charge in [0.25, 0.3) is 0 Å². The van der Waals surface area contributed by atoms with Gasteiger partial charge in [0.05, 0.1) is 30.4 Å². The molecule has 0 nitrogen and oxygen atoms in total. The Kier molecular flexibility index (Phi) is 13.6. The molecule has 0 fully saturated rings. The summed E-state index contributed by atoms with van der Waals surface area (Å²) >= 11 is 0. The molecule has 9 heteroatoms. The Hall–Kier alpha value is 2.53. The zero-order chi connectivity index (χ0) is 36.3. The molecule has 0 saturated carbocycles. The van der Waals surface area contributed by atoms with E-state index in [1.54, 1.807) is 0 Å². The summed E-state index contributed by atoms with van der Waals surface area (Å²) in [6.45, 7) is 76.0. The van der Waals surface area contributed by atoms with Gasteiger partial charge >= 0.3 is 0 Å². The fourth-order valence-electron chi connectivity index (χ4n) is 9.94. The van der Waals surface area contributed by atoms with Crippen molar-refractivity contribution < 1.29 is 0 Å². The molecule has 0 saturated heterocycles. The third kappa shape index (κ3) is 7.04. The number of hydrogen-bond acceptors (Lipinski definition) is 0. The van der Waals surface area contributed by atoms with Crippen LogP contribution in [0.15, 0.2) is 0 Å². The molecule has 0 aromatic heterocycles. The maximum atomic E-state index is 3.04. The summed E-state index contributed by atoms with van der Waals surface area (Å²) < 4.78 is 0. The van der Waals surface area contributed by atoms with E-state index in [0.717, 1.165) is 0 Å². The molecule has 0 bridgehead atoms. The SMILES string of the molecule is CC(C)(C)[Si](C)([Si]1=[Si]([Si](C)(C(C)(C)C)C(C)(C)C)[Si]([Si](C)(C(C)(C)C)C(C)(C)C)=[Si]1[Si](C)(C(C)(C)C)C(C)(C)C)C(C)(C)C.[Sn]. The van der Waals surface area contributed by atoms with Gasteiger partial charge in [-0.2, -0.15) is 0 Å². The molecule has 1 heterocycles. The van der Waals surface area contributed by atoms with Crippen molar-refractivity contribution in [3.63, 3.8) is 0 Å². The minimum atomic E-state index is -1.76. The maximum absolute atomic E-state index is 3.04. The fraction of sp³-hybridized carbons (Fsp3) is 1.00. The predicted molar refractivity (Wildman–Crippen MR) is 233 cm³/mol. The van der Waals surface area contributed by atoms with Crippen LogP contribution in [0.5, 0.6) is 0 Å². The van der Waals surface area contributed by atoms with Crippen LogP contribution in [0.4, 0.5) is 0 Å². The summed E-state index contributed by atoms with van der Waals surface area (Å²) in [7, 11) is -7.04. The fourth-order valence-corrected chi connectivity index (χ4v) is 353. The predicted octanol–water partition coefficient (Wildman–Crippen LogP) is 12.9. The van der Waals surface area contributed by atoms with Crippen LogP contribution in [0, 0.1) is 0 Å². The van der Waals surface area contributed by atoms with Crippen LogP contribution in [-0.4, -0.2) is 82.0 Å². The Morgan fingerprint density at radius 3 is 0.333 bits per heavy atom. The quantitative estimate of drug-likeness (QED) is 0.247. The Morgan fingerprint density at radius 2 is 0.289 bits per heavy atom. The summed E-state index contributed by atoms with van der Waals surface area (Å²) in [6.07, 6.45) is 0. The second-order valence-electron chi connectivity index (χ2n) is 24.0. The Labute approximate surface area is 312 Å². The van der Waals surface area contributed by atoms with Crippen molar-refractivity contribution >= 4 is 82.0 Å². The Morgan fingerprint density at radius 1 is 0.222 bits per heavy atom. The van der Waals surface area contributed by atoms with Crippen LogP contribution in [-0.2, 0) is 0 Å². The number of rotatable bonds is 4. The molecule has 0 aromatic carbocycles. The van der Waals surface area contributed by atoms with Gasteiger partial charge < -0.3 is 0 Å². The normalized spacial score (nSPS) is 17.9. The number of hydrogen-bond donors (Lipinski definition) is 0. The smallest absolute Gasteiger partial charge is 0.0667 e. The van der Waals surface area contributed by atoms with Crippen molar-refractivity contribution in [2.45, 2.75) is 233 Å². The van der Waals surface area contributed by atoms with Crippen LogP contribution < -0.4 is 0 Å². The van der Waals surface area contributed by atoms with E-state index in [9.17, 15) is 0 Å². The van der Waals surface area contributed by atoms with Crippen LogP contribution in [0.2, 0.25) is 66.5 Å². The molecule has 0 unspecified atom stereocenters. The molecule has 4 radical (unpaired) electrons. The van der Waals surface area contributed by atoms with Gasteiger partial charge in [-0.25, -0.2) is 0 Å². The van der Waals surface area contributed by atoms with Crippen LogP contribution in [0.1, 0.15) is 166 Å². The Balaban J connectivity index is 0.0000194. The first-order valence-corrected chi connectivity index (χ1v) is 42.0. The van der Waals surface area contributed by atoms with Crippen molar-refractivity contribution in [3.05, 3.63) is 0 Å². The monoisotopic (exact) mass is 860 g/mol. The van der Waals surface area contributed by atoms with Gasteiger partial charge in [0.2, 0.25) is 0 Å². The third-order valence-corrected chi connectivity index (χ3v) is 189. The van der Waals surface area contributed by atoms with Gasteiger partial charge in [0.1, 0.15) is 0 Å². The molecule has 0 N–H and O–H groups in total. The van der Waals surface area contributed by atoms with Crippen molar-refractivity contribution in [3.8, 4) is 0 Å². The molecule has 0 aromatic rings. The maximum Gasteiger partial charge on any atom is 0.0667 e. The van der Waals surface area contributed by atoms with E-state index < -0.39 is 58.1 Å². The minimum Gasteiger partial charge on any atom is -0.0682 e. The molecule has 0 spiro atoms. The topological polar surface area (TPSA) is 0 Å². The standard InChI is InChI=1S/C36H84Si8.Sn/c1-29(2,3)41(25,30(4,5)6)37-38(42(26,31(7,8)9)32(10,11)12)40(44(28,35(19,20)21)36(22,23)24)39(37)43(27,33(13,14)15)34(16,17)18;/h1-28H3;. The van der Waals surface area contributed by atoms with Gasteiger partial charge in [0.15, 0.2) is 0 Å². The van der Waals surface area contributed by atoms with E-state index in [2.05, 4.69) is 192 Å². The first-order chi connectivity index (χ1) is 18.5. The van der Waals surface area contributed by atoms with Gasteiger partial charge in [-0.1, -0.05) is 192 Å². The molecule has 1 aliphatic heterocycles. The van der Waals surface area contributed by atoms with Crippen molar-refractivity contribution in [2.24, 2.45) is 0 Å². The largest absolute Gasteiger partial charge is 0.0682 e. The van der Waals surface area contributed by atoms with Gasteiger partial charge in [0, 0.05) is 23.9 Å². The minimum absolute atomic E-state index is 0. The second kappa shape index (κ2) is 12.9. The van der Waals surface area contributed by atoms with Gasteiger partial charge in [-0.05, 0) is 68.0 Å². The zero-order valence-electron chi connectivity index (χ0n) is 36.5. The van der Waals surface area contributed by atoms with E-state index in [-0.39, 0.29) is 23.9 Å². The summed E-state index contributed by atoms with van der Waals surface area (Å²) in [6, 6.07) is 0. The molecule has 264 valence electrons. The average molecular weight is 860 g/mol. The molecular weight excluding hydrogens is 776 g/mol. The average Bonchev–Trinajstić information content (AvgIpc) is 2.65. The third-order valence-electron chi connectivity index (χ3n) is 15.0. The summed E-state index contributed by atoms with van der Waals surface area (Å²) in [5.41, 5.74) is 0. The van der Waals surface area contributed by atoms with E-state index in [1.807, 2.05) is 0 Å². The van der Waals surface area contributed by atoms with Gasteiger partial charge in [-0.3, -0.25) is 0 Å². The van der Waals surface area contributed by atoms with E-state index >= 15 is 0 Å². The van der Waals surface area contributed by atoms with Gasteiger partial charge in [-0.15, -0.1) is 0 Å². The molecule has 45 heavy (non-hydrogen) atoms. The van der Waals surface area contributed by atoms with Crippen LogP contribution >= 0.6 is 0 Å². The van der Waals surface area contributed by atoms with Crippen LogP contribution in [0.3, 0.4) is 0 Å². The zero-order valence-corrected chi connectivity index (χ0v) is 47.4. The Bertz CT molecular complexity index is 916. The molecule has 1 rings (SSSR count). The van der Waals surface area contributed by atoms with E-state index in [0.29, 0.717) is 40.3 Å². The summed E-state index contributed by atoms with van der Waals surface area (Å²) in [5, 5.41) is 3.53. The van der Waals surface area contributed by atoms with Crippen molar-refractivity contribution in [2.75, 3.05) is 0 Å². The van der Waals surface area contributed by atoms with E-state index in [1.165, 1.54) is 0 Å². The molecule has 1 aliphatic rings. The van der Waals surface area contributed by atoms with Crippen molar-refractivity contribution in [1.29, 1.82) is 0 Å². The molecule has 0 aliphatic carbocycles. The van der Waals surface area contributed by atoms with Crippen LogP contribution in [0.25, 0.3) is 0 Å².